The first-order chi connectivity index (χ1) is 14.5. The molecule has 1 aromatic heterocycles. The molecule has 1 N–H and O–H groups in total. The van der Waals surface area contributed by atoms with E-state index < -0.39 is 5.76 Å². The van der Waals surface area contributed by atoms with E-state index in [9.17, 15) is 4.79 Å². The van der Waals surface area contributed by atoms with Gasteiger partial charge in [0, 0.05) is 19.3 Å². The molecule has 150 valence electrons. The van der Waals surface area contributed by atoms with Crippen molar-refractivity contribution < 1.29 is 13.9 Å². The van der Waals surface area contributed by atoms with Crippen LogP contribution in [0.3, 0.4) is 0 Å². The Kier molecular flexibility index (Phi) is 3.63. The molecule has 0 fully saturated rings. The second-order valence-electron chi connectivity index (χ2n) is 8.54. The third-order valence-corrected chi connectivity index (χ3v) is 6.09. The number of nitrogens with one attached hydrogen (secondary N) is 1. The van der Waals surface area contributed by atoms with Crippen molar-refractivity contribution in [2.24, 2.45) is 0 Å². The van der Waals surface area contributed by atoms with Crippen molar-refractivity contribution in [2.75, 3.05) is 0 Å². The van der Waals surface area contributed by atoms with Crippen molar-refractivity contribution >= 4 is 11.1 Å². The van der Waals surface area contributed by atoms with Crippen LogP contribution in [0.2, 0.25) is 0 Å². The summed E-state index contributed by atoms with van der Waals surface area (Å²) in [5.41, 5.74) is 5.73. The van der Waals surface area contributed by atoms with Crippen LogP contribution >= 0.6 is 0 Å². The van der Waals surface area contributed by atoms with Crippen LogP contribution in [0.25, 0.3) is 11.1 Å². The van der Waals surface area contributed by atoms with Gasteiger partial charge in [-0.05, 0) is 59.5 Å². The summed E-state index contributed by atoms with van der Waals surface area (Å²) >= 11 is 0. The van der Waals surface area contributed by atoms with Crippen molar-refractivity contribution in [3.05, 3.63) is 93.5 Å². The highest BCUT2D eigenvalue weighted by Crippen LogP contribution is 2.41. The fraction of sp³-hybridized carbons (Fsp3) is 0.240. The zero-order valence-electron chi connectivity index (χ0n) is 16.6. The highest BCUT2D eigenvalue weighted by molar-refractivity contribution is 5.72. The number of aromatic nitrogens is 1. The van der Waals surface area contributed by atoms with Crippen molar-refractivity contribution in [2.45, 2.75) is 37.9 Å². The standard InChI is InChI=1S/C25H21NO4/c1-25(13-15-6-8-22-19(10-15)26-24(27)29-22)14-18-11-17(7-9-21(18)30-25)23-12-16-4-2-3-5-20(16)28-23/h2-11,23H,12-14H2,1H3,(H,26,27). The molecule has 0 saturated heterocycles. The lowest BCUT2D eigenvalue weighted by Crippen LogP contribution is -2.32. The largest absolute Gasteiger partial charge is 0.487 e. The summed E-state index contributed by atoms with van der Waals surface area (Å²) in [6.07, 6.45) is 2.53. The molecule has 6 rings (SSSR count). The molecule has 2 aliphatic rings. The van der Waals surface area contributed by atoms with Gasteiger partial charge in [0.25, 0.3) is 0 Å². The number of ether oxygens (including phenoxy) is 2. The Morgan fingerprint density at radius 2 is 1.93 bits per heavy atom. The van der Waals surface area contributed by atoms with Gasteiger partial charge in [-0.25, -0.2) is 4.79 Å². The van der Waals surface area contributed by atoms with Crippen molar-refractivity contribution in [3.63, 3.8) is 0 Å². The first-order valence-corrected chi connectivity index (χ1v) is 10.2. The molecule has 3 heterocycles. The minimum Gasteiger partial charge on any atom is -0.487 e. The van der Waals surface area contributed by atoms with Crippen LogP contribution in [-0.4, -0.2) is 10.6 Å². The van der Waals surface area contributed by atoms with Gasteiger partial charge in [-0.1, -0.05) is 30.3 Å². The van der Waals surface area contributed by atoms with Gasteiger partial charge >= 0.3 is 5.76 Å². The molecule has 2 aliphatic heterocycles. The first kappa shape index (κ1) is 17.4. The molecule has 5 heteroatoms. The second kappa shape index (κ2) is 6.26. The maximum atomic E-state index is 11.4. The van der Waals surface area contributed by atoms with Crippen LogP contribution in [-0.2, 0) is 19.3 Å². The Balaban J connectivity index is 1.23. The van der Waals surface area contributed by atoms with E-state index in [1.807, 2.05) is 30.3 Å². The Morgan fingerprint density at radius 1 is 1.03 bits per heavy atom. The van der Waals surface area contributed by atoms with E-state index >= 15 is 0 Å². The average Bonchev–Trinajstić information content (AvgIpc) is 3.39. The van der Waals surface area contributed by atoms with Crippen molar-refractivity contribution in [1.82, 2.24) is 4.98 Å². The van der Waals surface area contributed by atoms with E-state index in [0.717, 1.165) is 41.8 Å². The van der Waals surface area contributed by atoms with E-state index in [1.165, 1.54) is 16.7 Å². The molecular weight excluding hydrogens is 378 g/mol. The number of oxazole rings is 1. The van der Waals surface area contributed by atoms with E-state index in [1.54, 1.807) is 0 Å². The van der Waals surface area contributed by atoms with E-state index in [-0.39, 0.29) is 11.7 Å². The molecule has 0 bridgehead atoms. The number of aromatic amines is 1. The molecule has 0 spiro atoms. The fourth-order valence-electron chi connectivity index (χ4n) is 4.75. The first-order valence-electron chi connectivity index (χ1n) is 10.2. The topological polar surface area (TPSA) is 64.5 Å². The zero-order valence-corrected chi connectivity index (χ0v) is 16.6. The normalized spacial score (nSPS) is 21.8. The molecular formula is C25H21NO4. The van der Waals surface area contributed by atoms with Gasteiger partial charge in [0.2, 0.25) is 0 Å². The van der Waals surface area contributed by atoms with Crippen LogP contribution in [0, 0.1) is 0 Å². The molecule has 2 unspecified atom stereocenters. The number of rotatable bonds is 3. The summed E-state index contributed by atoms with van der Waals surface area (Å²) in [6, 6.07) is 20.4. The highest BCUT2D eigenvalue weighted by Gasteiger charge is 2.36. The fourth-order valence-corrected chi connectivity index (χ4v) is 4.75. The molecule has 0 radical (unpaired) electrons. The average molecular weight is 399 g/mol. The number of fused-ring (bicyclic) bond motifs is 3. The van der Waals surface area contributed by atoms with Crippen molar-refractivity contribution in [3.8, 4) is 11.5 Å². The lowest BCUT2D eigenvalue weighted by atomic mass is 9.90. The quantitative estimate of drug-likeness (QED) is 0.541. The molecule has 4 aromatic rings. The number of H-pyrrole nitrogens is 1. The van der Waals surface area contributed by atoms with Crippen molar-refractivity contribution in [1.29, 1.82) is 0 Å². The van der Waals surface area contributed by atoms with Crippen LogP contribution in [0.4, 0.5) is 0 Å². The maximum absolute atomic E-state index is 11.4. The number of hydrogen-bond acceptors (Lipinski definition) is 4. The summed E-state index contributed by atoms with van der Waals surface area (Å²) in [5, 5.41) is 0. The molecule has 2 atom stereocenters. The second-order valence-corrected chi connectivity index (χ2v) is 8.54. The van der Waals surface area contributed by atoms with Gasteiger partial charge in [-0.15, -0.1) is 0 Å². The third-order valence-electron chi connectivity index (χ3n) is 6.09. The van der Waals surface area contributed by atoms with Gasteiger partial charge in [-0.3, -0.25) is 4.98 Å². The van der Waals surface area contributed by atoms with E-state index in [2.05, 4.69) is 42.2 Å². The Bertz CT molecular complexity index is 1310. The van der Waals surface area contributed by atoms with Gasteiger partial charge in [0.15, 0.2) is 5.58 Å². The highest BCUT2D eigenvalue weighted by atomic mass is 16.5. The van der Waals surface area contributed by atoms with Gasteiger partial charge in [0.1, 0.15) is 23.2 Å². The van der Waals surface area contributed by atoms with Crippen LogP contribution < -0.4 is 15.2 Å². The summed E-state index contributed by atoms with van der Waals surface area (Å²) in [7, 11) is 0. The van der Waals surface area contributed by atoms with Crippen LogP contribution in [0.1, 0.15) is 35.3 Å². The lowest BCUT2D eigenvalue weighted by molar-refractivity contribution is 0.116. The molecule has 3 aromatic carbocycles. The third kappa shape index (κ3) is 2.89. The van der Waals surface area contributed by atoms with E-state index in [4.69, 9.17) is 13.9 Å². The zero-order chi connectivity index (χ0) is 20.3. The minimum atomic E-state index is -0.429. The van der Waals surface area contributed by atoms with E-state index in [0.29, 0.717) is 5.58 Å². The number of para-hydroxylation sites is 1. The minimum absolute atomic E-state index is 0.0554. The Labute approximate surface area is 173 Å². The summed E-state index contributed by atoms with van der Waals surface area (Å²) < 4.78 is 17.6. The summed E-state index contributed by atoms with van der Waals surface area (Å²) in [5.74, 6) is 1.49. The summed E-state index contributed by atoms with van der Waals surface area (Å²) in [6.45, 7) is 2.14. The molecule has 0 amide bonds. The van der Waals surface area contributed by atoms with Crippen LogP contribution in [0.15, 0.2) is 69.9 Å². The predicted octanol–water partition coefficient (Wildman–Crippen LogP) is 4.73. The van der Waals surface area contributed by atoms with Gasteiger partial charge in [-0.2, -0.15) is 0 Å². The van der Waals surface area contributed by atoms with Crippen LogP contribution in [0.5, 0.6) is 11.5 Å². The number of benzene rings is 3. The Morgan fingerprint density at radius 3 is 2.83 bits per heavy atom. The molecule has 5 nitrogen and oxygen atoms in total. The maximum Gasteiger partial charge on any atom is 0.417 e. The Hall–Kier alpha value is -3.47. The smallest absolute Gasteiger partial charge is 0.417 e. The SMILES string of the molecule is CC1(Cc2ccc3oc(=O)[nH]c3c2)Cc2cc(C3Cc4ccccc4O3)ccc2O1. The monoisotopic (exact) mass is 399 g/mol. The lowest BCUT2D eigenvalue weighted by Gasteiger charge is -2.24. The number of hydrogen-bond donors (Lipinski definition) is 1. The van der Waals surface area contributed by atoms with Gasteiger partial charge in [0.05, 0.1) is 5.52 Å². The molecule has 0 saturated carbocycles. The predicted molar refractivity (Wildman–Crippen MR) is 113 cm³/mol. The molecule has 30 heavy (non-hydrogen) atoms. The summed E-state index contributed by atoms with van der Waals surface area (Å²) in [4.78, 5) is 14.1. The molecule has 0 aliphatic carbocycles. The van der Waals surface area contributed by atoms with Gasteiger partial charge < -0.3 is 13.9 Å².